The van der Waals surface area contributed by atoms with Crippen LogP contribution < -0.4 is 0 Å². The van der Waals surface area contributed by atoms with Gasteiger partial charge in [0.2, 0.25) is 0 Å². The fourth-order valence-electron chi connectivity index (χ4n) is 7.22. The quantitative estimate of drug-likeness (QED) is 0.0281. The van der Waals surface area contributed by atoms with Crippen LogP contribution in [0.1, 0.15) is 206 Å². The Morgan fingerprint density at radius 3 is 1.30 bits per heavy atom. The monoisotopic (exact) mass is 883 g/mol. The minimum atomic E-state index is -0.885. The Labute approximate surface area is 387 Å². The van der Waals surface area contributed by atoms with Crippen LogP contribution in [-0.4, -0.2) is 80.6 Å². The van der Waals surface area contributed by atoms with Crippen molar-refractivity contribution >= 4 is 17.9 Å². The number of ether oxygens (including phenoxy) is 3. The van der Waals surface area contributed by atoms with Crippen molar-refractivity contribution in [3.05, 3.63) is 72.9 Å². The number of carboxylic acid groups (broad SMARTS) is 1. The van der Waals surface area contributed by atoms with Gasteiger partial charge in [-0.05, 0) is 57.8 Å². The molecule has 0 aliphatic rings. The molecule has 63 heavy (non-hydrogen) atoms. The van der Waals surface area contributed by atoms with E-state index in [1.54, 1.807) is 0 Å². The normalized spacial score (nSPS) is 13.5. The predicted molar refractivity (Wildman–Crippen MR) is 266 cm³/mol. The molecule has 0 aliphatic heterocycles. The number of hydrogen-bond donors (Lipinski definition) is 1. The predicted octanol–water partition coefficient (Wildman–Crippen LogP) is 14.7. The first kappa shape index (κ1) is 59.8. The van der Waals surface area contributed by atoms with Crippen LogP contribution in [0.4, 0.5) is 0 Å². The summed E-state index contributed by atoms with van der Waals surface area (Å²) in [6, 6.07) is -0.628. The number of likely N-dealkylation sites (N-methyl/N-ethyl adjacent to an activating group) is 1. The van der Waals surface area contributed by atoms with E-state index in [1.165, 1.54) is 103 Å². The highest BCUT2D eigenvalue weighted by molar-refractivity contribution is 5.72. The maximum atomic E-state index is 12.8. The van der Waals surface area contributed by atoms with Crippen molar-refractivity contribution in [1.29, 1.82) is 0 Å². The molecule has 2 atom stereocenters. The molecule has 8 nitrogen and oxygen atoms in total. The average Bonchev–Trinajstić information content (AvgIpc) is 3.24. The number of hydrogen-bond acceptors (Lipinski definition) is 6. The first-order valence-electron chi connectivity index (χ1n) is 25.5. The Kier molecular flexibility index (Phi) is 43.0. The largest absolute Gasteiger partial charge is 0.477 e. The summed E-state index contributed by atoms with van der Waals surface area (Å²) in [5, 5.41) is 9.65. The summed E-state index contributed by atoms with van der Waals surface area (Å²) in [4.78, 5) is 37.1. The van der Waals surface area contributed by atoms with E-state index in [2.05, 4.69) is 86.8 Å². The molecule has 0 aromatic heterocycles. The third-order valence-corrected chi connectivity index (χ3v) is 11.1. The molecule has 2 unspecified atom stereocenters. The first-order chi connectivity index (χ1) is 30.6. The molecule has 0 radical (unpaired) electrons. The summed E-state index contributed by atoms with van der Waals surface area (Å²) in [7, 11) is 5.51. The van der Waals surface area contributed by atoms with Crippen LogP contribution in [0.15, 0.2) is 72.9 Å². The van der Waals surface area contributed by atoms with Gasteiger partial charge in [-0.25, -0.2) is 4.79 Å². The van der Waals surface area contributed by atoms with Crippen molar-refractivity contribution in [3.8, 4) is 0 Å². The smallest absolute Gasteiger partial charge is 0.362 e. The van der Waals surface area contributed by atoms with Crippen LogP contribution in [0, 0.1) is 0 Å². The average molecular weight is 883 g/mol. The summed E-state index contributed by atoms with van der Waals surface area (Å²) < 4.78 is 17.3. The lowest BCUT2D eigenvalue weighted by Gasteiger charge is -2.31. The number of esters is 2. The van der Waals surface area contributed by atoms with Gasteiger partial charge < -0.3 is 23.8 Å². The molecule has 8 heteroatoms. The summed E-state index contributed by atoms with van der Waals surface area (Å²) in [5.41, 5.74) is 0. The molecule has 0 aromatic rings. The van der Waals surface area contributed by atoms with Gasteiger partial charge in [0.1, 0.15) is 6.61 Å². The number of allylic oxidation sites excluding steroid dienone is 12. The van der Waals surface area contributed by atoms with Crippen LogP contribution in [0.2, 0.25) is 0 Å². The Morgan fingerprint density at radius 2 is 0.889 bits per heavy atom. The lowest BCUT2D eigenvalue weighted by atomic mass is 10.0. The Balaban J connectivity index is 4.35. The van der Waals surface area contributed by atoms with Crippen molar-refractivity contribution in [1.82, 2.24) is 0 Å². The molecule has 0 saturated carbocycles. The van der Waals surface area contributed by atoms with Crippen LogP contribution in [-0.2, 0) is 28.6 Å². The highest BCUT2D eigenvalue weighted by atomic mass is 16.6. The highest BCUT2D eigenvalue weighted by Crippen LogP contribution is 2.16. The topological polar surface area (TPSA) is 99.1 Å². The van der Waals surface area contributed by atoms with Gasteiger partial charge in [-0.15, -0.1) is 0 Å². The van der Waals surface area contributed by atoms with E-state index < -0.39 is 18.1 Å². The number of quaternary nitrogens is 1. The van der Waals surface area contributed by atoms with Crippen molar-refractivity contribution in [2.24, 2.45) is 0 Å². The van der Waals surface area contributed by atoms with Crippen molar-refractivity contribution in [2.45, 2.75) is 219 Å². The van der Waals surface area contributed by atoms with Crippen LogP contribution in [0.5, 0.6) is 0 Å². The van der Waals surface area contributed by atoms with E-state index in [4.69, 9.17) is 14.2 Å². The van der Waals surface area contributed by atoms with Gasteiger partial charge in [0.15, 0.2) is 12.1 Å². The van der Waals surface area contributed by atoms with Crippen LogP contribution in [0.25, 0.3) is 0 Å². The number of carbonyl (C=O) groups excluding carboxylic acids is 2. The third kappa shape index (κ3) is 43.8. The van der Waals surface area contributed by atoms with E-state index >= 15 is 0 Å². The van der Waals surface area contributed by atoms with Gasteiger partial charge in [0.25, 0.3) is 0 Å². The second kappa shape index (κ2) is 45.3. The van der Waals surface area contributed by atoms with Gasteiger partial charge in [0.05, 0.1) is 34.4 Å². The number of carbonyl (C=O) groups is 3. The Hall–Kier alpha value is -3.23. The SMILES string of the molecule is CC/C=C/C/C=C/C/C=C/C/C=C/C/C=C/C/C=C/CCCC(=O)OC(COCCC(C(=O)O)[N+](C)(C)C)COC(=O)CCCCCCCCCCCCCCCCCCCCC. The standard InChI is InChI=1S/C55H95NO7/c1-6-8-10-12-14-16-18-20-22-24-26-28-30-32-34-36-38-40-42-44-46-54(58)63-51(49-61-48-47-52(55(59)60)56(3,4)5)50-62-53(57)45-43-41-39-37-35-33-31-29-27-25-23-21-19-17-15-13-11-9-7-2/h8,10,14,16,20,22,26,28,32,34,38,40,51-52H,6-7,9,11-13,15,17-19,21,23-25,27,29-31,33,35-37,39,41-50H2,1-5H3/p+1/b10-8+,16-14+,22-20+,28-26+,34-32+,40-38+. The summed E-state index contributed by atoms with van der Waals surface area (Å²) in [6.45, 7) is 4.58. The van der Waals surface area contributed by atoms with Crippen molar-refractivity contribution < 1.29 is 38.2 Å². The zero-order chi connectivity index (χ0) is 46.3. The molecule has 0 amide bonds. The molecule has 0 aromatic carbocycles. The van der Waals surface area contributed by atoms with Crippen LogP contribution in [0.3, 0.4) is 0 Å². The number of nitrogens with zero attached hydrogens (tertiary/aromatic N) is 1. The molecule has 0 fully saturated rings. The van der Waals surface area contributed by atoms with E-state index in [9.17, 15) is 19.5 Å². The molecular formula is C55H96NO7+. The Morgan fingerprint density at radius 1 is 0.492 bits per heavy atom. The Bertz CT molecular complexity index is 1260. The molecule has 0 rings (SSSR count). The van der Waals surface area contributed by atoms with Gasteiger partial charge in [-0.1, -0.05) is 202 Å². The van der Waals surface area contributed by atoms with Gasteiger partial charge in [-0.2, -0.15) is 0 Å². The van der Waals surface area contributed by atoms with E-state index in [0.29, 0.717) is 19.3 Å². The van der Waals surface area contributed by atoms with E-state index in [1.807, 2.05) is 21.1 Å². The molecule has 0 aliphatic carbocycles. The minimum Gasteiger partial charge on any atom is -0.477 e. The van der Waals surface area contributed by atoms with Crippen molar-refractivity contribution in [3.63, 3.8) is 0 Å². The first-order valence-corrected chi connectivity index (χ1v) is 25.5. The molecule has 1 N–H and O–H groups in total. The molecule has 0 spiro atoms. The second-order valence-electron chi connectivity index (χ2n) is 18.1. The maximum Gasteiger partial charge on any atom is 0.362 e. The zero-order valence-electron chi connectivity index (χ0n) is 41.3. The zero-order valence-corrected chi connectivity index (χ0v) is 41.3. The molecular weight excluding hydrogens is 787 g/mol. The maximum absolute atomic E-state index is 12.8. The fraction of sp³-hybridized carbons (Fsp3) is 0.727. The fourth-order valence-corrected chi connectivity index (χ4v) is 7.22. The van der Waals surface area contributed by atoms with Gasteiger partial charge >= 0.3 is 17.9 Å². The number of rotatable bonds is 45. The third-order valence-electron chi connectivity index (χ3n) is 11.1. The van der Waals surface area contributed by atoms with Gasteiger partial charge in [0, 0.05) is 19.3 Å². The van der Waals surface area contributed by atoms with E-state index in [-0.39, 0.29) is 42.7 Å². The van der Waals surface area contributed by atoms with E-state index in [0.717, 1.165) is 64.2 Å². The number of carboxylic acids is 1. The summed E-state index contributed by atoms with van der Waals surface area (Å²) >= 11 is 0. The molecule has 0 saturated heterocycles. The van der Waals surface area contributed by atoms with Gasteiger partial charge in [-0.3, -0.25) is 9.59 Å². The lowest BCUT2D eigenvalue weighted by molar-refractivity contribution is -0.887. The molecule has 362 valence electrons. The molecule has 0 heterocycles. The van der Waals surface area contributed by atoms with Crippen molar-refractivity contribution in [2.75, 3.05) is 41.0 Å². The second-order valence-corrected chi connectivity index (χ2v) is 18.1. The highest BCUT2D eigenvalue weighted by Gasteiger charge is 2.31. The summed E-state index contributed by atoms with van der Waals surface area (Å²) in [5.74, 6) is -1.54. The lowest BCUT2D eigenvalue weighted by Crippen LogP contribution is -2.50. The number of aliphatic carboxylic acids is 1. The molecule has 0 bridgehead atoms. The van der Waals surface area contributed by atoms with Crippen LogP contribution >= 0.6 is 0 Å². The summed E-state index contributed by atoms with van der Waals surface area (Å²) in [6.07, 6.45) is 58.2. The minimum absolute atomic E-state index is 0.0366. The number of unbranched alkanes of at least 4 members (excludes halogenated alkanes) is 19.